The van der Waals surface area contributed by atoms with Crippen LogP contribution in [0.25, 0.3) is 17.7 Å². The number of Topliss-reactive ketones (excluding diaryl/α,β-unsaturated/α-hetero) is 1. The summed E-state index contributed by atoms with van der Waals surface area (Å²) >= 11 is 0. The zero-order chi connectivity index (χ0) is 17.1. The van der Waals surface area contributed by atoms with Crippen molar-refractivity contribution in [3.05, 3.63) is 113 Å². The third-order valence-corrected chi connectivity index (χ3v) is 4.48. The molecular formula is C24H18O. The van der Waals surface area contributed by atoms with E-state index in [0.717, 1.165) is 27.8 Å². The second-order valence-corrected chi connectivity index (χ2v) is 6.21. The Balaban J connectivity index is 1.84. The number of benzene rings is 3. The average molecular weight is 322 g/mol. The van der Waals surface area contributed by atoms with Crippen LogP contribution in [0.15, 0.2) is 90.5 Å². The first kappa shape index (κ1) is 15.3. The summed E-state index contributed by atoms with van der Waals surface area (Å²) in [6.07, 6.45) is 4.69. The van der Waals surface area contributed by atoms with Crippen molar-refractivity contribution >= 4 is 23.5 Å². The van der Waals surface area contributed by atoms with Crippen molar-refractivity contribution in [3.8, 4) is 0 Å². The maximum atomic E-state index is 13.2. The zero-order valence-electron chi connectivity index (χ0n) is 13.9. The predicted molar refractivity (Wildman–Crippen MR) is 104 cm³/mol. The van der Waals surface area contributed by atoms with E-state index >= 15 is 0 Å². The van der Waals surface area contributed by atoms with Gasteiger partial charge in [-0.3, -0.25) is 4.79 Å². The summed E-state index contributed by atoms with van der Waals surface area (Å²) in [6.45, 7) is 0. The summed E-state index contributed by atoms with van der Waals surface area (Å²) in [7, 11) is 0. The fraction of sp³-hybridized carbons (Fsp3) is 0.0417. The molecule has 0 unspecified atom stereocenters. The lowest BCUT2D eigenvalue weighted by atomic mass is 9.81. The van der Waals surface area contributed by atoms with E-state index in [1.165, 1.54) is 5.56 Å². The van der Waals surface area contributed by atoms with Crippen LogP contribution >= 0.6 is 0 Å². The minimum absolute atomic E-state index is 0.117. The van der Waals surface area contributed by atoms with Gasteiger partial charge in [0.2, 0.25) is 0 Å². The number of allylic oxidation sites excluding steroid dienone is 2. The quantitative estimate of drug-likeness (QED) is 0.574. The first-order valence-electron chi connectivity index (χ1n) is 8.46. The Bertz CT molecular complexity index is 963. The molecule has 1 nitrogen and oxygen atoms in total. The van der Waals surface area contributed by atoms with Gasteiger partial charge in [-0.2, -0.15) is 0 Å². The third kappa shape index (κ3) is 3.22. The van der Waals surface area contributed by atoms with Gasteiger partial charge in [-0.25, -0.2) is 0 Å². The lowest BCUT2D eigenvalue weighted by Gasteiger charge is -2.21. The molecule has 25 heavy (non-hydrogen) atoms. The molecule has 0 heterocycles. The van der Waals surface area contributed by atoms with E-state index < -0.39 is 0 Å². The number of hydrogen-bond donors (Lipinski definition) is 0. The maximum Gasteiger partial charge on any atom is 0.189 e. The largest absolute Gasteiger partial charge is 0.289 e. The fourth-order valence-corrected chi connectivity index (χ4v) is 3.24. The normalized spacial score (nSPS) is 16.9. The highest BCUT2D eigenvalue weighted by Crippen LogP contribution is 2.33. The number of rotatable bonds is 2. The number of ketones is 1. The number of fused-ring (bicyclic) bond motifs is 1. The smallest absolute Gasteiger partial charge is 0.189 e. The van der Waals surface area contributed by atoms with Crippen LogP contribution < -0.4 is 0 Å². The molecule has 1 heteroatoms. The molecule has 0 saturated carbocycles. The van der Waals surface area contributed by atoms with Crippen LogP contribution in [-0.4, -0.2) is 5.78 Å². The van der Waals surface area contributed by atoms with Gasteiger partial charge in [0.15, 0.2) is 5.78 Å². The van der Waals surface area contributed by atoms with Gasteiger partial charge in [-0.15, -0.1) is 0 Å². The highest BCUT2D eigenvalue weighted by atomic mass is 16.1. The van der Waals surface area contributed by atoms with Crippen LogP contribution in [0.5, 0.6) is 0 Å². The maximum absolute atomic E-state index is 13.2. The highest BCUT2D eigenvalue weighted by Gasteiger charge is 2.25. The van der Waals surface area contributed by atoms with Crippen LogP contribution in [0.2, 0.25) is 0 Å². The van der Waals surface area contributed by atoms with Crippen LogP contribution in [-0.2, 0) is 11.2 Å². The van der Waals surface area contributed by atoms with Gasteiger partial charge in [-0.1, -0.05) is 84.9 Å². The van der Waals surface area contributed by atoms with Gasteiger partial charge in [0.1, 0.15) is 0 Å². The monoisotopic (exact) mass is 322 g/mol. The molecule has 0 saturated heterocycles. The van der Waals surface area contributed by atoms with Gasteiger partial charge < -0.3 is 0 Å². The Morgan fingerprint density at radius 3 is 1.88 bits per heavy atom. The minimum atomic E-state index is 0.117. The van der Waals surface area contributed by atoms with E-state index in [-0.39, 0.29) is 5.78 Å². The number of carbonyl (C=O) groups excluding carboxylic acids is 1. The molecule has 4 rings (SSSR count). The Morgan fingerprint density at radius 1 is 0.640 bits per heavy atom. The third-order valence-electron chi connectivity index (χ3n) is 4.48. The molecule has 3 aromatic carbocycles. The molecule has 0 N–H and O–H groups in total. The van der Waals surface area contributed by atoms with E-state index in [2.05, 4.69) is 6.07 Å². The zero-order valence-corrected chi connectivity index (χ0v) is 13.9. The Hall–Kier alpha value is -3.19. The SMILES string of the molecule is O=C1/C(=C\c2ccccc2)Cc2ccccc2/C1=C/c1ccccc1. The summed E-state index contributed by atoms with van der Waals surface area (Å²) in [5.41, 5.74) is 5.96. The molecule has 0 aromatic heterocycles. The van der Waals surface area contributed by atoms with E-state index in [4.69, 9.17) is 0 Å². The van der Waals surface area contributed by atoms with E-state index in [0.29, 0.717) is 6.42 Å². The van der Waals surface area contributed by atoms with Gasteiger partial charge in [0.25, 0.3) is 0 Å². The molecule has 120 valence electrons. The first-order chi connectivity index (χ1) is 12.3. The van der Waals surface area contributed by atoms with Crippen molar-refractivity contribution in [3.63, 3.8) is 0 Å². The number of carbonyl (C=O) groups is 1. The van der Waals surface area contributed by atoms with Crippen molar-refractivity contribution in [1.29, 1.82) is 0 Å². The van der Waals surface area contributed by atoms with Crippen LogP contribution in [0.3, 0.4) is 0 Å². The predicted octanol–water partition coefficient (Wildman–Crippen LogP) is 5.44. The van der Waals surface area contributed by atoms with Gasteiger partial charge in [0, 0.05) is 17.6 Å². The molecule has 0 bridgehead atoms. The van der Waals surface area contributed by atoms with Crippen molar-refractivity contribution in [2.24, 2.45) is 0 Å². The second-order valence-electron chi connectivity index (χ2n) is 6.21. The molecule has 0 fully saturated rings. The van der Waals surface area contributed by atoms with E-state index in [1.54, 1.807) is 0 Å². The van der Waals surface area contributed by atoms with Gasteiger partial charge in [0.05, 0.1) is 0 Å². The second kappa shape index (κ2) is 6.74. The van der Waals surface area contributed by atoms with Crippen molar-refractivity contribution in [2.75, 3.05) is 0 Å². The Labute approximate surface area is 148 Å². The molecule has 0 amide bonds. The standard InChI is InChI=1S/C24H18O/c25-24-21(15-18-9-3-1-4-10-18)17-20-13-7-8-14-22(20)23(24)16-19-11-5-2-6-12-19/h1-16H,17H2/b21-15-,23-16-. The van der Waals surface area contributed by atoms with Crippen molar-refractivity contribution < 1.29 is 4.79 Å². The van der Waals surface area contributed by atoms with Crippen LogP contribution in [0, 0.1) is 0 Å². The van der Waals surface area contributed by atoms with Crippen molar-refractivity contribution in [2.45, 2.75) is 6.42 Å². The Morgan fingerprint density at radius 2 is 1.20 bits per heavy atom. The average Bonchev–Trinajstić information content (AvgIpc) is 2.67. The van der Waals surface area contributed by atoms with Gasteiger partial charge in [-0.05, 0) is 34.4 Å². The lowest BCUT2D eigenvalue weighted by Crippen LogP contribution is -2.15. The summed E-state index contributed by atoms with van der Waals surface area (Å²) in [6, 6.07) is 28.2. The molecule has 0 radical (unpaired) electrons. The van der Waals surface area contributed by atoms with E-state index in [9.17, 15) is 4.79 Å². The summed E-state index contributed by atoms with van der Waals surface area (Å²) in [4.78, 5) is 13.2. The van der Waals surface area contributed by atoms with E-state index in [1.807, 2.05) is 91.0 Å². The minimum Gasteiger partial charge on any atom is -0.289 e. The molecular weight excluding hydrogens is 304 g/mol. The molecule has 1 aliphatic carbocycles. The first-order valence-corrected chi connectivity index (χ1v) is 8.46. The highest BCUT2D eigenvalue weighted by molar-refractivity contribution is 6.35. The lowest BCUT2D eigenvalue weighted by molar-refractivity contribution is -0.110. The molecule has 0 atom stereocenters. The van der Waals surface area contributed by atoms with Crippen LogP contribution in [0.1, 0.15) is 22.3 Å². The summed E-state index contributed by atoms with van der Waals surface area (Å²) in [5.74, 6) is 0.117. The summed E-state index contributed by atoms with van der Waals surface area (Å²) < 4.78 is 0. The molecule has 3 aromatic rings. The Kier molecular flexibility index (Phi) is 4.14. The molecule has 0 aliphatic heterocycles. The van der Waals surface area contributed by atoms with Crippen LogP contribution in [0.4, 0.5) is 0 Å². The van der Waals surface area contributed by atoms with Gasteiger partial charge >= 0.3 is 0 Å². The molecule has 1 aliphatic rings. The molecule has 0 spiro atoms. The van der Waals surface area contributed by atoms with Crippen molar-refractivity contribution in [1.82, 2.24) is 0 Å². The fourth-order valence-electron chi connectivity index (χ4n) is 3.24. The summed E-state index contributed by atoms with van der Waals surface area (Å²) in [5, 5.41) is 0. The topological polar surface area (TPSA) is 17.1 Å². The number of hydrogen-bond acceptors (Lipinski definition) is 1.